The van der Waals surface area contributed by atoms with Crippen LogP contribution in [0.2, 0.25) is 0 Å². The Morgan fingerprint density at radius 3 is 2.61 bits per heavy atom. The van der Waals surface area contributed by atoms with Crippen molar-refractivity contribution in [2.24, 2.45) is 7.05 Å². The van der Waals surface area contributed by atoms with E-state index in [1.54, 1.807) is 0 Å². The van der Waals surface area contributed by atoms with E-state index in [2.05, 4.69) is 9.71 Å². The third-order valence-corrected chi connectivity index (χ3v) is 4.83. The van der Waals surface area contributed by atoms with Crippen molar-refractivity contribution in [1.82, 2.24) is 18.6 Å². The van der Waals surface area contributed by atoms with Crippen molar-refractivity contribution in [2.75, 3.05) is 14.1 Å². The molecule has 18 heavy (non-hydrogen) atoms. The summed E-state index contributed by atoms with van der Waals surface area (Å²) >= 11 is 0. The highest BCUT2D eigenvalue weighted by molar-refractivity contribution is 7.87. The Morgan fingerprint density at radius 2 is 2.00 bits per heavy atom. The lowest BCUT2D eigenvalue weighted by Crippen LogP contribution is -2.35. The van der Waals surface area contributed by atoms with Gasteiger partial charge in [0.25, 0.3) is 10.2 Å². The Hall–Kier alpha value is -0.920. The number of aromatic nitrogens is 2. The highest BCUT2D eigenvalue weighted by atomic mass is 32.2. The molecule has 1 aliphatic carbocycles. The molecule has 1 heterocycles. The zero-order chi connectivity index (χ0) is 13.3. The molecule has 0 radical (unpaired) electrons. The van der Waals surface area contributed by atoms with Crippen molar-refractivity contribution in [3.63, 3.8) is 0 Å². The average Bonchev–Trinajstić information content (AvgIpc) is 2.64. The van der Waals surface area contributed by atoms with Crippen LogP contribution in [0, 0.1) is 0 Å². The maximum absolute atomic E-state index is 11.6. The highest BCUT2D eigenvalue weighted by Gasteiger charge is 2.19. The van der Waals surface area contributed by atoms with Crippen LogP contribution in [-0.4, -0.2) is 36.4 Å². The van der Waals surface area contributed by atoms with E-state index in [9.17, 15) is 8.42 Å². The smallest absolute Gasteiger partial charge is 0.279 e. The Kier molecular flexibility index (Phi) is 3.74. The number of imidazole rings is 1. The Labute approximate surface area is 108 Å². The predicted molar refractivity (Wildman–Crippen MR) is 69.3 cm³/mol. The second-order valence-corrected chi connectivity index (χ2v) is 6.77. The normalized spacial score (nSPS) is 16.0. The van der Waals surface area contributed by atoms with Gasteiger partial charge in [-0.1, -0.05) is 0 Å². The highest BCUT2D eigenvalue weighted by Crippen LogP contribution is 2.21. The molecule has 0 unspecified atom stereocenters. The first-order valence-corrected chi connectivity index (χ1v) is 7.56. The molecule has 0 aromatic carbocycles. The number of nitrogens with one attached hydrogen (secondary N) is 1. The fraction of sp³-hybridized carbons (Fsp3) is 0.727. The van der Waals surface area contributed by atoms with E-state index < -0.39 is 10.2 Å². The minimum absolute atomic E-state index is 0.240. The number of aryl methyl sites for hydroxylation is 1. The molecule has 0 bridgehead atoms. The van der Waals surface area contributed by atoms with Crippen molar-refractivity contribution in [3.05, 3.63) is 17.2 Å². The first kappa shape index (κ1) is 13.5. The second kappa shape index (κ2) is 4.99. The maximum Gasteiger partial charge on any atom is 0.279 e. The summed E-state index contributed by atoms with van der Waals surface area (Å²) in [7, 11) is 1.58. The lowest BCUT2D eigenvalue weighted by Gasteiger charge is -2.13. The van der Waals surface area contributed by atoms with E-state index in [-0.39, 0.29) is 6.54 Å². The van der Waals surface area contributed by atoms with E-state index in [1.165, 1.54) is 32.6 Å². The monoisotopic (exact) mass is 272 g/mol. The van der Waals surface area contributed by atoms with Crippen LogP contribution in [0.25, 0.3) is 0 Å². The van der Waals surface area contributed by atoms with Crippen LogP contribution in [0.1, 0.15) is 30.1 Å². The van der Waals surface area contributed by atoms with E-state index in [4.69, 9.17) is 0 Å². The summed E-state index contributed by atoms with van der Waals surface area (Å²) < 4.78 is 29.0. The summed E-state index contributed by atoms with van der Waals surface area (Å²) in [5, 5.41) is 0. The zero-order valence-electron chi connectivity index (χ0n) is 11.1. The summed E-state index contributed by atoms with van der Waals surface area (Å²) in [5.74, 6) is 0.785. The molecule has 0 saturated heterocycles. The van der Waals surface area contributed by atoms with E-state index >= 15 is 0 Å². The SMILES string of the molecule is CN(C)S(=O)(=O)NCc1nc2c(n1C)CCCC2. The second-order valence-electron chi connectivity index (χ2n) is 4.80. The van der Waals surface area contributed by atoms with Crippen LogP contribution >= 0.6 is 0 Å². The molecule has 0 atom stereocenters. The lowest BCUT2D eigenvalue weighted by atomic mass is 10.0. The molecule has 0 fully saturated rings. The first-order valence-electron chi connectivity index (χ1n) is 6.12. The molecule has 0 amide bonds. The molecule has 1 aromatic rings. The molecule has 1 aliphatic rings. The standard InChI is InChI=1S/C11H20N4O2S/c1-14(2)18(16,17)12-8-11-13-9-6-4-5-7-10(9)15(11)3/h12H,4-8H2,1-3H3. The van der Waals surface area contributed by atoms with Gasteiger partial charge in [0.1, 0.15) is 5.82 Å². The van der Waals surface area contributed by atoms with Gasteiger partial charge in [-0.15, -0.1) is 0 Å². The summed E-state index contributed by atoms with van der Waals surface area (Å²) in [4.78, 5) is 4.53. The quantitative estimate of drug-likeness (QED) is 0.851. The molecule has 0 aliphatic heterocycles. The summed E-state index contributed by atoms with van der Waals surface area (Å²) in [6.45, 7) is 0.240. The largest absolute Gasteiger partial charge is 0.334 e. The minimum Gasteiger partial charge on any atom is -0.334 e. The predicted octanol–water partition coefficient (Wildman–Crippen LogP) is 0.195. The van der Waals surface area contributed by atoms with Gasteiger partial charge in [0.15, 0.2) is 0 Å². The van der Waals surface area contributed by atoms with Crippen LogP contribution in [0.5, 0.6) is 0 Å². The third kappa shape index (κ3) is 2.57. The van der Waals surface area contributed by atoms with Gasteiger partial charge in [-0.05, 0) is 25.7 Å². The number of hydrogen-bond acceptors (Lipinski definition) is 3. The maximum atomic E-state index is 11.6. The first-order chi connectivity index (χ1) is 8.42. The molecule has 2 rings (SSSR count). The van der Waals surface area contributed by atoms with E-state index in [0.717, 1.165) is 28.7 Å². The molecule has 0 saturated carbocycles. The van der Waals surface area contributed by atoms with E-state index in [0.29, 0.717) is 0 Å². The van der Waals surface area contributed by atoms with Crippen LogP contribution < -0.4 is 4.72 Å². The van der Waals surface area contributed by atoms with Crippen molar-refractivity contribution in [1.29, 1.82) is 0 Å². The molecular formula is C11H20N4O2S. The van der Waals surface area contributed by atoms with Crippen LogP contribution in [0.15, 0.2) is 0 Å². The lowest BCUT2D eigenvalue weighted by molar-refractivity contribution is 0.502. The van der Waals surface area contributed by atoms with Gasteiger partial charge in [-0.25, -0.2) is 4.98 Å². The topological polar surface area (TPSA) is 67.2 Å². The molecular weight excluding hydrogens is 252 g/mol. The Bertz CT molecular complexity index is 533. The Morgan fingerprint density at radius 1 is 1.33 bits per heavy atom. The fourth-order valence-corrected chi connectivity index (χ4v) is 2.75. The van der Waals surface area contributed by atoms with Crippen LogP contribution in [0.4, 0.5) is 0 Å². The van der Waals surface area contributed by atoms with Crippen LogP contribution in [0.3, 0.4) is 0 Å². The number of nitrogens with zero attached hydrogens (tertiary/aromatic N) is 3. The van der Waals surface area contributed by atoms with Gasteiger partial charge in [-0.3, -0.25) is 0 Å². The van der Waals surface area contributed by atoms with Crippen molar-refractivity contribution in [3.8, 4) is 0 Å². The third-order valence-electron chi connectivity index (χ3n) is 3.36. The summed E-state index contributed by atoms with van der Waals surface area (Å²) in [6, 6.07) is 0. The summed E-state index contributed by atoms with van der Waals surface area (Å²) in [5.41, 5.74) is 2.38. The number of hydrogen-bond donors (Lipinski definition) is 1. The van der Waals surface area contributed by atoms with Gasteiger partial charge in [0.2, 0.25) is 0 Å². The molecule has 1 aromatic heterocycles. The van der Waals surface area contributed by atoms with Gasteiger partial charge in [0, 0.05) is 26.8 Å². The van der Waals surface area contributed by atoms with Crippen molar-refractivity contribution >= 4 is 10.2 Å². The molecule has 102 valence electrons. The summed E-state index contributed by atoms with van der Waals surface area (Å²) in [6.07, 6.45) is 4.41. The van der Waals surface area contributed by atoms with Gasteiger partial charge in [-0.2, -0.15) is 17.4 Å². The molecule has 0 spiro atoms. The van der Waals surface area contributed by atoms with Crippen molar-refractivity contribution in [2.45, 2.75) is 32.2 Å². The Balaban J connectivity index is 2.14. The molecule has 6 nitrogen and oxygen atoms in total. The molecule has 7 heteroatoms. The minimum atomic E-state index is -3.38. The van der Waals surface area contributed by atoms with Crippen molar-refractivity contribution < 1.29 is 8.42 Å². The average molecular weight is 272 g/mol. The van der Waals surface area contributed by atoms with Gasteiger partial charge in [0.05, 0.1) is 12.2 Å². The van der Waals surface area contributed by atoms with Gasteiger partial charge >= 0.3 is 0 Å². The number of rotatable bonds is 4. The van der Waals surface area contributed by atoms with Gasteiger partial charge < -0.3 is 4.57 Å². The van der Waals surface area contributed by atoms with Crippen LogP contribution in [-0.2, 0) is 36.6 Å². The zero-order valence-corrected chi connectivity index (χ0v) is 11.9. The van der Waals surface area contributed by atoms with E-state index in [1.807, 2.05) is 11.6 Å². The molecule has 1 N–H and O–H groups in total. The fourth-order valence-electron chi connectivity index (χ4n) is 2.18. The number of fused-ring (bicyclic) bond motifs is 1.